The van der Waals surface area contributed by atoms with E-state index in [9.17, 15) is 9.59 Å². The van der Waals surface area contributed by atoms with Gasteiger partial charge in [-0.2, -0.15) is 0 Å². The van der Waals surface area contributed by atoms with Gasteiger partial charge in [0, 0.05) is 12.7 Å². The normalized spacial score (nSPS) is 11.9. The molecule has 86 valence electrons. The Bertz CT molecular complexity index is 359. The first-order valence-corrected chi connectivity index (χ1v) is 4.99. The lowest BCUT2D eigenvalue weighted by Gasteiger charge is -2.12. The van der Waals surface area contributed by atoms with Gasteiger partial charge in [0.15, 0.2) is 0 Å². The van der Waals surface area contributed by atoms with Crippen molar-refractivity contribution < 1.29 is 19.1 Å². The molecule has 0 bridgehead atoms. The van der Waals surface area contributed by atoms with E-state index in [0.29, 0.717) is 5.56 Å². The summed E-state index contributed by atoms with van der Waals surface area (Å²) in [6.07, 6.45) is -1.18. The molecule has 0 aromatic heterocycles. The molecule has 4 heteroatoms. The van der Waals surface area contributed by atoms with Gasteiger partial charge in [-0.05, 0) is 6.92 Å². The molecule has 0 saturated carbocycles. The van der Waals surface area contributed by atoms with Crippen LogP contribution in [0.2, 0.25) is 0 Å². The summed E-state index contributed by atoms with van der Waals surface area (Å²) in [5.41, 5.74) is 0.433. The second-order valence-electron chi connectivity index (χ2n) is 3.10. The summed E-state index contributed by atoms with van der Waals surface area (Å²) in [4.78, 5) is 23.3. The second-order valence-corrected chi connectivity index (χ2v) is 3.10. The van der Waals surface area contributed by atoms with Crippen molar-refractivity contribution in [3.8, 4) is 0 Å². The van der Waals surface area contributed by atoms with Gasteiger partial charge in [-0.1, -0.05) is 30.3 Å². The molecule has 0 N–H and O–H groups in total. The molecule has 1 atom stereocenters. The molecule has 0 saturated heterocycles. The predicted molar refractivity (Wildman–Crippen MR) is 58.2 cm³/mol. The molecule has 1 aromatic carbocycles. The highest BCUT2D eigenvalue weighted by Gasteiger charge is 2.28. The van der Waals surface area contributed by atoms with Crippen LogP contribution in [0.1, 0.15) is 17.3 Å². The zero-order valence-corrected chi connectivity index (χ0v) is 9.30. The van der Waals surface area contributed by atoms with Gasteiger partial charge in [0.2, 0.25) is 11.9 Å². The highest BCUT2D eigenvalue weighted by atomic mass is 16.6. The Hall–Kier alpha value is -1.68. The number of hydrogen-bond acceptors (Lipinski definition) is 4. The number of rotatable bonds is 5. The molecule has 0 aliphatic carbocycles. The molecule has 0 aliphatic heterocycles. The molecule has 1 aromatic rings. The predicted octanol–water partition coefficient (Wildman–Crippen LogP) is 1.45. The van der Waals surface area contributed by atoms with Crippen molar-refractivity contribution in [1.29, 1.82) is 0 Å². The van der Waals surface area contributed by atoms with Crippen LogP contribution in [0.15, 0.2) is 30.3 Å². The molecule has 0 radical (unpaired) electrons. The van der Waals surface area contributed by atoms with Crippen molar-refractivity contribution in [3.63, 3.8) is 0 Å². The number of carbonyl (C=O) groups excluding carboxylic acids is 2. The minimum atomic E-state index is -1.18. The molecule has 1 unspecified atom stereocenters. The standard InChI is InChI=1S/C12H14O4/c1-3-16-12(14)11(15-2)10(13)9-7-5-4-6-8-9/h4-8,11H,3H2,1-2H3. The van der Waals surface area contributed by atoms with Crippen molar-refractivity contribution in [2.45, 2.75) is 13.0 Å². The van der Waals surface area contributed by atoms with E-state index < -0.39 is 12.1 Å². The smallest absolute Gasteiger partial charge is 0.343 e. The molecule has 0 amide bonds. The van der Waals surface area contributed by atoms with Crippen LogP contribution in [-0.2, 0) is 14.3 Å². The van der Waals surface area contributed by atoms with Gasteiger partial charge in [0.25, 0.3) is 0 Å². The number of carbonyl (C=O) groups is 2. The van der Waals surface area contributed by atoms with E-state index in [2.05, 4.69) is 0 Å². The molecule has 16 heavy (non-hydrogen) atoms. The van der Waals surface area contributed by atoms with Gasteiger partial charge in [-0.25, -0.2) is 4.79 Å². The summed E-state index contributed by atoms with van der Waals surface area (Å²) < 4.78 is 9.61. The average Bonchev–Trinajstić information content (AvgIpc) is 2.31. The first-order valence-electron chi connectivity index (χ1n) is 4.99. The number of hydrogen-bond donors (Lipinski definition) is 0. The lowest BCUT2D eigenvalue weighted by atomic mass is 10.1. The van der Waals surface area contributed by atoms with E-state index in [1.807, 2.05) is 0 Å². The fourth-order valence-electron chi connectivity index (χ4n) is 1.28. The topological polar surface area (TPSA) is 52.6 Å². The highest BCUT2D eigenvalue weighted by molar-refractivity contribution is 6.11. The summed E-state index contributed by atoms with van der Waals surface area (Å²) in [7, 11) is 1.31. The third kappa shape index (κ3) is 2.90. The van der Waals surface area contributed by atoms with Crippen molar-refractivity contribution >= 4 is 11.8 Å². The zero-order chi connectivity index (χ0) is 12.0. The number of ether oxygens (including phenoxy) is 2. The van der Waals surface area contributed by atoms with Gasteiger partial charge >= 0.3 is 5.97 Å². The first kappa shape index (κ1) is 12.4. The number of esters is 1. The van der Waals surface area contributed by atoms with Crippen LogP contribution in [0, 0.1) is 0 Å². The third-order valence-electron chi connectivity index (χ3n) is 2.03. The van der Waals surface area contributed by atoms with Crippen LogP contribution in [0.4, 0.5) is 0 Å². The van der Waals surface area contributed by atoms with E-state index in [4.69, 9.17) is 9.47 Å². The van der Waals surface area contributed by atoms with Gasteiger partial charge in [-0.3, -0.25) is 4.79 Å². The van der Waals surface area contributed by atoms with Crippen molar-refractivity contribution in [1.82, 2.24) is 0 Å². The first-order chi connectivity index (χ1) is 7.70. The van der Waals surface area contributed by atoms with E-state index in [1.54, 1.807) is 37.3 Å². The van der Waals surface area contributed by atoms with Gasteiger partial charge < -0.3 is 9.47 Å². The van der Waals surface area contributed by atoms with Crippen LogP contribution >= 0.6 is 0 Å². The molecular formula is C12H14O4. The molecule has 0 spiro atoms. The number of benzene rings is 1. The Morgan fingerprint density at radius 2 is 1.88 bits per heavy atom. The maximum absolute atomic E-state index is 11.9. The fraction of sp³-hybridized carbons (Fsp3) is 0.333. The molecular weight excluding hydrogens is 208 g/mol. The number of methoxy groups -OCH3 is 1. The van der Waals surface area contributed by atoms with E-state index >= 15 is 0 Å². The average molecular weight is 222 g/mol. The summed E-state index contributed by atoms with van der Waals surface area (Å²) in [5.74, 6) is -1.04. The Labute approximate surface area is 94.2 Å². The molecule has 1 rings (SSSR count). The van der Waals surface area contributed by atoms with Crippen LogP contribution in [-0.4, -0.2) is 31.6 Å². The summed E-state index contributed by atoms with van der Waals surface area (Å²) >= 11 is 0. The van der Waals surface area contributed by atoms with Crippen LogP contribution in [0.5, 0.6) is 0 Å². The van der Waals surface area contributed by atoms with Crippen molar-refractivity contribution in [2.24, 2.45) is 0 Å². The van der Waals surface area contributed by atoms with E-state index in [-0.39, 0.29) is 12.4 Å². The lowest BCUT2D eigenvalue weighted by molar-refractivity contribution is -0.151. The number of Topliss-reactive ketones (excluding diaryl/α,β-unsaturated/α-hetero) is 1. The lowest BCUT2D eigenvalue weighted by Crippen LogP contribution is -2.33. The Morgan fingerprint density at radius 3 is 2.38 bits per heavy atom. The molecule has 0 fully saturated rings. The monoisotopic (exact) mass is 222 g/mol. The summed E-state index contributed by atoms with van der Waals surface area (Å²) in [6.45, 7) is 1.90. The Kier molecular flexibility index (Phi) is 4.66. The summed E-state index contributed by atoms with van der Waals surface area (Å²) in [5, 5.41) is 0. The van der Waals surface area contributed by atoms with Gasteiger partial charge in [-0.15, -0.1) is 0 Å². The minimum absolute atomic E-state index is 0.223. The molecule has 4 nitrogen and oxygen atoms in total. The Balaban J connectivity index is 2.82. The molecule has 0 aliphatic rings. The fourth-order valence-corrected chi connectivity index (χ4v) is 1.28. The maximum atomic E-state index is 11.9. The minimum Gasteiger partial charge on any atom is -0.464 e. The largest absolute Gasteiger partial charge is 0.464 e. The number of ketones is 1. The van der Waals surface area contributed by atoms with Crippen LogP contribution in [0.3, 0.4) is 0 Å². The molecule has 0 heterocycles. The maximum Gasteiger partial charge on any atom is 0.343 e. The zero-order valence-electron chi connectivity index (χ0n) is 9.30. The van der Waals surface area contributed by atoms with Crippen molar-refractivity contribution in [2.75, 3.05) is 13.7 Å². The van der Waals surface area contributed by atoms with Crippen LogP contribution in [0.25, 0.3) is 0 Å². The summed E-state index contributed by atoms with van der Waals surface area (Å²) in [6, 6.07) is 8.51. The Morgan fingerprint density at radius 1 is 1.25 bits per heavy atom. The van der Waals surface area contributed by atoms with E-state index in [0.717, 1.165) is 0 Å². The SMILES string of the molecule is CCOC(=O)C(OC)C(=O)c1ccccc1. The van der Waals surface area contributed by atoms with Gasteiger partial charge in [0.1, 0.15) is 0 Å². The quantitative estimate of drug-likeness (QED) is 0.430. The van der Waals surface area contributed by atoms with E-state index in [1.165, 1.54) is 7.11 Å². The van der Waals surface area contributed by atoms with Gasteiger partial charge in [0.05, 0.1) is 6.61 Å². The van der Waals surface area contributed by atoms with Crippen LogP contribution < -0.4 is 0 Å². The highest BCUT2D eigenvalue weighted by Crippen LogP contribution is 2.07. The van der Waals surface area contributed by atoms with Crippen molar-refractivity contribution in [3.05, 3.63) is 35.9 Å². The third-order valence-corrected chi connectivity index (χ3v) is 2.03. The second kappa shape index (κ2) is 6.02.